The topological polar surface area (TPSA) is 160 Å². The van der Waals surface area contributed by atoms with Crippen molar-refractivity contribution in [2.75, 3.05) is 0 Å². The molecule has 0 aliphatic heterocycles. The Balaban J connectivity index is 0.000000698. The van der Waals surface area contributed by atoms with Crippen molar-refractivity contribution in [3.63, 3.8) is 0 Å². The number of benzene rings is 3. The molecule has 0 radical (unpaired) electrons. The molecule has 2 aromatic heterocycles. The van der Waals surface area contributed by atoms with Gasteiger partial charge in [-0.25, -0.2) is 19.0 Å². The molecule has 0 fully saturated rings. The highest BCUT2D eigenvalue weighted by Crippen LogP contribution is 2.33. The molecule has 0 aliphatic rings. The number of rotatable bonds is 7. The molecule has 258 valence electrons. The third-order valence-electron chi connectivity index (χ3n) is 6.76. The van der Waals surface area contributed by atoms with Gasteiger partial charge in [0.15, 0.2) is 0 Å². The second-order valence-corrected chi connectivity index (χ2v) is 10.6. The van der Waals surface area contributed by atoms with Crippen LogP contribution in [0, 0.1) is 5.82 Å². The number of nitrogens with one attached hydrogen (secondary N) is 4. The first-order valence-corrected chi connectivity index (χ1v) is 14.2. The average molecular weight is 714 g/mol. The summed E-state index contributed by atoms with van der Waals surface area (Å²) in [7, 11) is 0. The Bertz CT molecular complexity index is 2030. The summed E-state index contributed by atoms with van der Waals surface area (Å²) in [5.41, 5.74) is -0.143. The zero-order valence-corrected chi connectivity index (χ0v) is 25.3. The molecule has 10 nitrogen and oxygen atoms in total. The van der Waals surface area contributed by atoms with E-state index in [4.69, 9.17) is 21.5 Å². The highest BCUT2D eigenvalue weighted by atomic mass is 35.5. The van der Waals surface area contributed by atoms with Crippen molar-refractivity contribution in [1.29, 1.82) is 0 Å². The van der Waals surface area contributed by atoms with Crippen molar-refractivity contribution in [2.45, 2.75) is 31.4 Å². The third kappa shape index (κ3) is 9.28. The molecular formula is C31H23ClF7N5O5. The number of fused-ring (bicyclic) bond motifs is 1. The molecule has 1 atom stereocenters. The molecule has 0 unspecified atom stereocenters. The predicted molar refractivity (Wildman–Crippen MR) is 162 cm³/mol. The number of alkyl halides is 6. The van der Waals surface area contributed by atoms with E-state index in [0.29, 0.717) is 28.2 Å². The monoisotopic (exact) mass is 713 g/mol. The standard InChI is InChI=1S/C29H22ClF4N5O3.C2HF3O2/c30-26-25(16-9-10-20-18(12-16)22(40)13-23(41)36-20)38-27(39-26)21(11-15-5-2-1-3-6-15)37-28(42)35-14-17-7-4-8-19(24(17)31)29(32,33)34;3-2(4,5)1(6)7/h1-10,12-13,21H,11,14H2,(H,38,39)(H2,35,37,42)(H2,36,40,41);(H,6,7)/t21-;/m0./s1. The van der Waals surface area contributed by atoms with Crippen LogP contribution in [-0.2, 0) is 23.9 Å². The first-order valence-electron chi connectivity index (χ1n) is 13.8. The fourth-order valence-corrected chi connectivity index (χ4v) is 4.74. The first-order chi connectivity index (χ1) is 22.9. The molecular weight excluding hydrogens is 691 g/mol. The Hall–Kier alpha value is -5.58. The highest BCUT2D eigenvalue weighted by molar-refractivity contribution is 6.32. The summed E-state index contributed by atoms with van der Waals surface area (Å²) in [5, 5.41) is 23.0. The zero-order chi connectivity index (χ0) is 36.1. The molecule has 49 heavy (non-hydrogen) atoms. The number of hydrogen-bond acceptors (Lipinski definition) is 5. The van der Waals surface area contributed by atoms with E-state index < -0.39 is 53.9 Å². The van der Waals surface area contributed by atoms with Gasteiger partial charge in [0.1, 0.15) is 28.2 Å². The summed E-state index contributed by atoms with van der Waals surface area (Å²) in [6.45, 7) is -0.494. The predicted octanol–water partition coefficient (Wildman–Crippen LogP) is 6.85. The van der Waals surface area contributed by atoms with Gasteiger partial charge < -0.3 is 30.8 Å². The molecule has 5 aromatic rings. The van der Waals surface area contributed by atoms with Crippen molar-refractivity contribution in [3.05, 3.63) is 117 Å². The molecule has 0 aliphatic carbocycles. The van der Waals surface area contributed by atoms with E-state index in [1.807, 2.05) is 30.3 Å². The molecule has 18 heteroatoms. The van der Waals surface area contributed by atoms with Crippen molar-refractivity contribution in [2.24, 2.45) is 0 Å². The smallest absolute Gasteiger partial charge is 0.490 e. The highest BCUT2D eigenvalue weighted by Gasteiger charge is 2.38. The Morgan fingerprint density at radius 1 is 0.939 bits per heavy atom. The van der Waals surface area contributed by atoms with Gasteiger partial charge in [0.2, 0.25) is 0 Å². The number of H-pyrrole nitrogens is 2. The summed E-state index contributed by atoms with van der Waals surface area (Å²) in [5.74, 6) is -4.17. The molecule has 0 bridgehead atoms. The van der Waals surface area contributed by atoms with Gasteiger partial charge in [0.05, 0.1) is 17.1 Å². The molecule has 5 rings (SSSR count). The van der Waals surface area contributed by atoms with Crippen LogP contribution in [0.15, 0.2) is 77.6 Å². The van der Waals surface area contributed by atoms with Crippen molar-refractivity contribution < 1.29 is 50.5 Å². The summed E-state index contributed by atoms with van der Waals surface area (Å²) in [4.78, 5) is 43.6. The minimum atomic E-state index is -5.08. The summed E-state index contributed by atoms with van der Waals surface area (Å²) >= 11 is 6.49. The van der Waals surface area contributed by atoms with Gasteiger partial charge in [-0.15, -0.1) is 0 Å². The van der Waals surface area contributed by atoms with Crippen LogP contribution in [0.3, 0.4) is 0 Å². The lowest BCUT2D eigenvalue weighted by Crippen LogP contribution is -2.39. The number of urea groups is 1. The Morgan fingerprint density at radius 3 is 2.24 bits per heavy atom. The molecule has 6 N–H and O–H groups in total. The molecule has 2 heterocycles. The number of nitrogens with zero attached hydrogens (tertiary/aromatic N) is 1. The molecule has 2 amide bonds. The zero-order valence-electron chi connectivity index (χ0n) is 24.5. The van der Waals surface area contributed by atoms with E-state index in [1.165, 1.54) is 0 Å². The maximum Gasteiger partial charge on any atom is 0.490 e. The van der Waals surface area contributed by atoms with Gasteiger partial charge in [-0.05, 0) is 30.2 Å². The largest absolute Gasteiger partial charge is 0.507 e. The van der Waals surface area contributed by atoms with Gasteiger partial charge >= 0.3 is 24.4 Å². The van der Waals surface area contributed by atoms with Crippen LogP contribution in [0.4, 0.5) is 35.5 Å². The van der Waals surface area contributed by atoms with E-state index in [1.54, 1.807) is 18.2 Å². The van der Waals surface area contributed by atoms with Gasteiger partial charge in [-0.1, -0.05) is 60.1 Å². The SMILES string of the molecule is O=C(NCc1cccc(C(F)(F)F)c1F)N[C@@H](Cc1ccccc1)c1nc(-c2ccc3[nH]c(=O)cc(O)c3c2)c(Cl)[nH]1.O=C(O)C(F)(F)F. The van der Waals surface area contributed by atoms with Crippen molar-refractivity contribution in [1.82, 2.24) is 25.6 Å². The maximum atomic E-state index is 14.4. The summed E-state index contributed by atoms with van der Waals surface area (Å²) in [6.07, 6.45) is -9.70. The van der Waals surface area contributed by atoms with Crippen LogP contribution >= 0.6 is 11.6 Å². The number of aromatic nitrogens is 3. The lowest BCUT2D eigenvalue weighted by molar-refractivity contribution is -0.192. The third-order valence-corrected chi connectivity index (χ3v) is 7.03. The number of aromatic amines is 2. The Morgan fingerprint density at radius 2 is 1.61 bits per heavy atom. The molecule has 0 saturated heterocycles. The molecule has 0 saturated carbocycles. The van der Waals surface area contributed by atoms with Crippen LogP contribution in [0.2, 0.25) is 5.15 Å². The van der Waals surface area contributed by atoms with Crippen LogP contribution in [-0.4, -0.2) is 43.3 Å². The minimum Gasteiger partial charge on any atom is -0.507 e. The quantitative estimate of drug-likeness (QED) is 0.101. The minimum absolute atomic E-state index is 0.138. The van der Waals surface area contributed by atoms with E-state index in [2.05, 4.69) is 25.6 Å². The number of pyridine rings is 1. The number of imidazole rings is 1. The number of aliphatic carboxylic acids is 1. The number of carboxylic acids is 1. The van der Waals surface area contributed by atoms with E-state index in [0.717, 1.165) is 23.8 Å². The number of carboxylic acid groups (broad SMARTS) is 1. The van der Waals surface area contributed by atoms with E-state index >= 15 is 0 Å². The summed E-state index contributed by atoms with van der Waals surface area (Å²) in [6, 6.07) is 16.3. The summed E-state index contributed by atoms with van der Waals surface area (Å²) < 4.78 is 85.4. The van der Waals surface area contributed by atoms with E-state index in [-0.39, 0.29) is 28.7 Å². The number of amides is 2. The normalized spacial score (nSPS) is 12.2. The Labute approximate surface area is 275 Å². The molecule has 0 spiro atoms. The van der Waals surface area contributed by atoms with Crippen LogP contribution in [0.1, 0.15) is 28.6 Å². The second-order valence-electron chi connectivity index (χ2n) is 10.2. The lowest BCUT2D eigenvalue weighted by atomic mass is 10.1. The second kappa shape index (κ2) is 14.7. The van der Waals surface area contributed by atoms with Gasteiger partial charge in [-0.3, -0.25) is 4.79 Å². The Kier molecular flexibility index (Phi) is 10.9. The maximum absolute atomic E-state index is 14.4. The number of carbonyl (C=O) groups is 2. The van der Waals surface area contributed by atoms with Gasteiger partial charge in [-0.2, -0.15) is 26.3 Å². The van der Waals surface area contributed by atoms with Gasteiger partial charge in [0, 0.05) is 29.1 Å². The van der Waals surface area contributed by atoms with Crippen LogP contribution < -0.4 is 16.2 Å². The number of halogens is 8. The van der Waals surface area contributed by atoms with Crippen molar-refractivity contribution >= 4 is 34.5 Å². The fraction of sp³-hybridized carbons (Fsp3) is 0.161. The fourth-order valence-electron chi connectivity index (χ4n) is 4.49. The average Bonchev–Trinajstić information content (AvgIpc) is 3.41. The first kappa shape index (κ1) is 36.3. The van der Waals surface area contributed by atoms with Crippen LogP contribution in [0.25, 0.3) is 22.2 Å². The van der Waals surface area contributed by atoms with Crippen molar-refractivity contribution in [3.8, 4) is 17.0 Å². The molecule has 3 aromatic carbocycles. The lowest BCUT2D eigenvalue weighted by Gasteiger charge is -2.18. The number of aromatic hydroxyl groups is 1. The van der Waals surface area contributed by atoms with Gasteiger partial charge in [0.25, 0.3) is 5.56 Å². The number of hydrogen-bond donors (Lipinski definition) is 6. The van der Waals surface area contributed by atoms with Crippen LogP contribution in [0.5, 0.6) is 5.75 Å². The number of carbonyl (C=O) groups excluding carboxylic acids is 1. The van der Waals surface area contributed by atoms with E-state index in [9.17, 15) is 45.4 Å².